The first-order chi connectivity index (χ1) is 34.8. The molecule has 1 N–H and O–H groups in total. The van der Waals surface area contributed by atoms with Gasteiger partial charge in [0.05, 0.1) is 17.9 Å². The highest BCUT2D eigenvalue weighted by Crippen LogP contribution is 2.46. The summed E-state index contributed by atoms with van der Waals surface area (Å²) in [4.78, 5) is 13.4. The summed E-state index contributed by atoms with van der Waals surface area (Å²) in [5.41, 5.74) is 22.5. The number of hydrazine groups is 1. The van der Waals surface area contributed by atoms with Gasteiger partial charge >= 0.3 is 0 Å². The van der Waals surface area contributed by atoms with Gasteiger partial charge in [-0.2, -0.15) is 0 Å². The molecule has 0 aliphatic carbocycles. The first-order valence-electron chi connectivity index (χ1n) is 26.2. The quantitative estimate of drug-likeness (QED) is 0.0820. The van der Waals surface area contributed by atoms with E-state index < -0.39 is 0 Å². The number of carbonyl (C=O) groups is 1. The molecule has 0 saturated heterocycles. The minimum atomic E-state index is -0.0693. The van der Waals surface area contributed by atoms with Crippen LogP contribution < -0.4 is 10.4 Å². The Balaban J connectivity index is 1.07. The van der Waals surface area contributed by atoms with Crippen LogP contribution in [-0.4, -0.2) is 12.3 Å². The number of anilines is 2. The second kappa shape index (κ2) is 23.1. The second-order valence-corrected chi connectivity index (χ2v) is 19.7. The molecule has 8 aromatic rings. The average Bonchev–Trinajstić information content (AvgIpc) is 3.43. The molecule has 1 heterocycles. The fourth-order valence-corrected chi connectivity index (χ4v) is 11.2. The molecule has 0 aromatic heterocycles. The van der Waals surface area contributed by atoms with E-state index >= 15 is 0 Å². The monoisotopic (exact) mass is 931 g/mol. The van der Waals surface area contributed by atoms with Crippen LogP contribution in [0.1, 0.15) is 141 Å². The normalized spacial score (nSPS) is 14.6. The van der Waals surface area contributed by atoms with Gasteiger partial charge in [0.15, 0.2) is 0 Å². The van der Waals surface area contributed by atoms with Crippen LogP contribution in [0, 0.1) is 0 Å². The molecular formula is C68H70N2O. The predicted octanol–water partition coefficient (Wildman–Crippen LogP) is 18.0. The number of ketones is 1. The van der Waals surface area contributed by atoms with Crippen LogP contribution in [0.3, 0.4) is 0 Å². The zero-order valence-corrected chi connectivity index (χ0v) is 42.4. The average molecular weight is 931 g/mol. The molecule has 3 heteroatoms. The van der Waals surface area contributed by atoms with E-state index in [9.17, 15) is 4.79 Å². The SMILES string of the molecule is C/C=C1/CN(c2ccc(C(CC)C(=O)CCCCC)cc2)Nc2c(-c3ccc(C(C)C(Cc4ccccc4)c4ccccc4)cc3)ccc(-c3ccc(C(C)C(c4ccccc4)c4ccccc4)cc3)c21. The number of hydrogen-bond acceptors (Lipinski definition) is 3. The molecule has 0 amide bonds. The maximum Gasteiger partial charge on any atom is 0.140 e. The summed E-state index contributed by atoms with van der Waals surface area (Å²) in [7, 11) is 0. The van der Waals surface area contributed by atoms with Gasteiger partial charge < -0.3 is 0 Å². The first-order valence-corrected chi connectivity index (χ1v) is 26.2. The van der Waals surface area contributed by atoms with Crippen LogP contribution in [0.4, 0.5) is 11.4 Å². The van der Waals surface area contributed by atoms with Crippen molar-refractivity contribution in [3.8, 4) is 22.3 Å². The van der Waals surface area contributed by atoms with E-state index in [4.69, 9.17) is 0 Å². The third kappa shape index (κ3) is 11.1. The summed E-state index contributed by atoms with van der Waals surface area (Å²) in [5, 5.41) is 2.28. The topological polar surface area (TPSA) is 32.3 Å². The summed E-state index contributed by atoms with van der Waals surface area (Å²) < 4.78 is 0. The van der Waals surface area contributed by atoms with Gasteiger partial charge in [0.2, 0.25) is 0 Å². The third-order valence-corrected chi connectivity index (χ3v) is 15.3. The minimum absolute atomic E-state index is 0.0693. The van der Waals surface area contributed by atoms with Crippen molar-refractivity contribution in [3.63, 3.8) is 0 Å². The van der Waals surface area contributed by atoms with Crippen LogP contribution in [0.5, 0.6) is 0 Å². The van der Waals surface area contributed by atoms with E-state index in [0.717, 1.165) is 54.6 Å². The zero-order chi connectivity index (χ0) is 49.1. The van der Waals surface area contributed by atoms with Crippen LogP contribution in [0.25, 0.3) is 27.8 Å². The van der Waals surface area contributed by atoms with E-state index in [-0.39, 0.29) is 17.8 Å². The number of Topliss-reactive ketones (excluding diaryl/α,β-unsaturated/α-hetero) is 1. The third-order valence-electron chi connectivity index (χ3n) is 15.3. The fourth-order valence-electron chi connectivity index (χ4n) is 11.2. The largest absolute Gasteiger partial charge is 0.299 e. The van der Waals surface area contributed by atoms with Crippen molar-refractivity contribution in [2.45, 2.75) is 103 Å². The number of nitrogens with one attached hydrogen (secondary N) is 1. The van der Waals surface area contributed by atoms with E-state index in [0.29, 0.717) is 30.6 Å². The fraction of sp³-hybridized carbons (Fsp3) is 0.250. The molecule has 8 aromatic carbocycles. The van der Waals surface area contributed by atoms with Gasteiger partial charge in [-0.15, -0.1) is 0 Å². The first kappa shape index (κ1) is 48.8. The van der Waals surface area contributed by atoms with Crippen molar-refractivity contribution in [2.24, 2.45) is 0 Å². The number of carbonyl (C=O) groups excluding carboxylic acids is 1. The van der Waals surface area contributed by atoms with E-state index in [1.54, 1.807) is 0 Å². The zero-order valence-electron chi connectivity index (χ0n) is 42.4. The summed E-state index contributed by atoms with van der Waals surface area (Å²) in [6, 6.07) is 75.9. The molecule has 3 nitrogen and oxygen atoms in total. The van der Waals surface area contributed by atoms with Gasteiger partial charge in [0.25, 0.3) is 0 Å². The Labute approximate surface area is 424 Å². The number of rotatable bonds is 19. The highest BCUT2D eigenvalue weighted by Gasteiger charge is 2.29. The van der Waals surface area contributed by atoms with Gasteiger partial charge in [0, 0.05) is 29.4 Å². The second-order valence-electron chi connectivity index (χ2n) is 19.7. The standard InChI is InChI=1S/C68H70N2O/c1-6-9-14-31-65(71)61(8-3)55-40-42-60(43-41-55)70-47-51(7-2)67-62(56-36-34-53(35-37-56)49(5)66(58-27-19-12-20-28-58)59-29-21-13-22-30-59)44-45-63(68(67)69-70)57-38-32-52(33-39-57)48(4)64(54-25-17-11-18-26-54)46-50-23-15-10-16-24-50/h7,10-13,15-30,32-45,48-49,61,64,66,69H,6,8-9,14,31,46-47H2,1-5H3/b51-7-. The lowest BCUT2D eigenvalue weighted by Crippen LogP contribution is -2.36. The van der Waals surface area contributed by atoms with E-state index in [1.165, 1.54) is 61.2 Å². The Morgan fingerprint density at radius 1 is 0.549 bits per heavy atom. The van der Waals surface area contributed by atoms with Gasteiger partial charge in [-0.1, -0.05) is 241 Å². The molecule has 0 bridgehead atoms. The Hall–Kier alpha value is -7.23. The summed E-state index contributed by atoms with van der Waals surface area (Å²) in [5.74, 6) is 1.41. The van der Waals surface area contributed by atoms with Gasteiger partial charge in [0.1, 0.15) is 5.78 Å². The van der Waals surface area contributed by atoms with Gasteiger partial charge in [-0.25, -0.2) is 0 Å². The summed E-state index contributed by atoms with van der Waals surface area (Å²) in [6.07, 6.45) is 7.91. The number of fused-ring (bicyclic) bond motifs is 1. The Morgan fingerprint density at radius 3 is 1.61 bits per heavy atom. The lowest BCUT2D eigenvalue weighted by atomic mass is 9.78. The molecule has 0 spiro atoms. The summed E-state index contributed by atoms with van der Waals surface area (Å²) in [6.45, 7) is 11.9. The van der Waals surface area contributed by atoms with Crippen molar-refractivity contribution in [1.29, 1.82) is 0 Å². The molecule has 71 heavy (non-hydrogen) atoms. The molecule has 1 aliphatic rings. The molecule has 358 valence electrons. The number of nitrogens with zero attached hydrogens (tertiary/aromatic N) is 1. The van der Waals surface area contributed by atoms with Crippen molar-refractivity contribution < 1.29 is 4.79 Å². The number of benzene rings is 8. The molecule has 9 rings (SSSR count). The molecule has 4 unspecified atom stereocenters. The van der Waals surface area contributed by atoms with Crippen LogP contribution in [0.2, 0.25) is 0 Å². The Kier molecular flexibility index (Phi) is 15.9. The Morgan fingerprint density at radius 2 is 1.06 bits per heavy atom. The predicted molar refractivity (Wildman–Crippen MR) is 301 cm³/mol. The Bertz CT molecular complexity index is 2940. The van der Waals surface area contributed by atoms with E-state index in [1.807, 2.05) is 0 Å². The molecular weight excluding hydrogens is 861 g/mol. The number of allylic oxidation sites excluding steroid dienone is 1. The van der Waals surface area contributed by atoms with Crippen LogP contribution >= 0.6 is 0 Å². The number of unbranched alkanes of at least 4 members (excludes halogenated alkanes) is 2. The van der Waals surface area contributed by atoms with Crippen molar-refractivity contribution in [3.05, 3.63) is 257 Å². The highest BCUT2D eigenvalue weighted by atomic mass is 16.1. The maximum atomic E-state index is 13.4. The van der Waals surface area contributed by atoms with Crippen molar-refractivity contribution in [2.75, 3.05) is 17.0 Å². The van der Waals surface area contributed by atoms with Gasteiger partial charge in [-0.3, -0.25) is 15.2 Å². The summed E-state index contributed by atoms with van der Waals surface area (Å²) >= 11 is 0. The highest BCUT2D eigenvalue weighted by molar-refractivity contribution is 5.99. The molecule has 0 saturated carbocycles. The van der Waals surface area contributed by atoms with Crippen molar-refractivity contribution >= 4 is 22.7 Å². The van der Waals surface area contributed by atoms with Crippen molar-refractivity contribution in [1.82, 2.24) is 0 Å². The maximum absolute atomic E-state index is 13.4. The smallest absolute Gasteiger partial charge is 0.140 e. The van der Waals surface area contributed by atoms with E-state index in [2.05, 4.69) is 257 Å². The lowest BCUT2D eigenvalue weighted by molar-refractivity contribution is -0.120. The van der Waals surface area contributed by atoms with Gasteiger partial charge in [-0.05, 0) is 117 Å². The molecule has 0 radical (unpaired) electrons. The minimum Gasteiger partial charge on any atom is -0.299 e. The molecule has 4 atom stereocenters. The number of hydrogen-bond donors (Lipinski definition) is 1. The molecule has 0 fully saturated rings. The van der Waals surface area contributed by atoms with Crippen LogP contribution in [-0.2, 0) is 11.2 Å². The lowest BCUT2D eigenvalue weighted by Gasteiger charge is -2.36. The van der Waals surface area contributed by atoms with Crippen LogP contribution in [0.15, 0.2) is 212 Å². The molecule has 1 aliphatic heterocycles.